The van der Waals surface area contributed by atoms with Gasteiger partial charge in [-0.1, -0.05) is 0 Å². The monoisotopic (exact) mass is 249 g/mol. The molecule has 0 atom stereocenters. The maximum atomic E-state index is 12.3. The van der Waals surface area contributed by atoms with Crippen LogP contribution in [0.25, 0.3) is 0 Å². The second-order valence-corrected chi connectivity index (χ2v) is 3.24. The van der Waals surface area contributed by atoms with Crippen LogP contribution in [0.1, 0.15) is 28.0 Å². The SMILES string of the molecule is Cc1ncc(C(F)F)c(C=O)c1Br. The van der Waals surface area contributed by atoms with E-state index in [2.05, 4.69) is 20.9 Å². The normalized spacial score (nSPS) is 10.5. The first-order valence-corrected chi connectivity index (χ1v) is 4.25. The molecule has 1 aromatic rings. The highest BCUT2D eigenvalue weighted by Crippen LogP contribution is 2.27. The minimum Gasteiger partial charge on any atom is -0.298 e. The van der Waals surface area contributed by atoms with Crippen LogP contribution in [0, 0.1) is 6.92 Å². The molecule has 70 valence electrons. The zero-order valence-electron chi connectivity index (χ0n) is 6.72. The van der Waals surface area contributed by atoms with Crippen molar-refractivity contribution >= 4 is 22.2 Å². The number of hydrogen-bond donors (Lipinski definition) is 0. The molecule has 0 unspecified atom stereocenters. The number of nitrogens with zero attached hydrogens (tertiary/aromatic N) is 1. The number of alkyl halides is 2. The summed E-state index contributed by atoms with van der Waals surface area (Å²) in [5.41, 5.74) is 0.154. The van der Waals surface area contributed by atoms with Crippen LogP contribution in [0.15, 0.2) is 10.7 Å². The Balaban J connectivity index is 3.38. The molecule has 0 N–H and O–H groups in total. The molecule has 0 aliphatic carbocycles. The van der Waals surface area contributed by atoms with Gasteiger partial charge in [-0.05, 0) is 22.9 Å². The Labute approximate surface area is 82.1 Å². The van der Waals surface area contributed by atoms with E-state index in [1.807, 2.05) is 0 Å². The molecule has 0 aromatic carbocycles. The third kappa shape index (κ3) is 1.91. The number of aryl methyl sites for hydroxylation is 1. The Hall–Kier alpha value is -0.840. The number of pyridine rings is 1. The molecule has 0 bridgehead atoms. The van der Waals surface area contributed by atoms with Crippen molar-refractivity contribution in [3.05, 3.63) is 27.5 Å². The molecule has 1 heterocycles. The highest BCUT2D eigenvalue weighted by molar-refractivity contribution is 9.10. The van der Waals surface area contributed by atoms with Crippen LogP contribution in [0.2, 0.25) is 0 Å². The van der Waals surface area contributed by atoms with E-state index in [1.165, 1.54) is 0 Å². The third-order valence-corrected chi connectivity index (χ3v) is 2.62. The predicted octanol–water partition coefficient (Wildman–Crippen LogP) is 2.90. The lowest BCUT2D eigenvalue weighted by atomic mass is 10.1. The van der Waals surface area contributed by atoms with Crippen molar-refractivity contribution in [2.24, 2.45) is 0 Å². The third-order valence-electron chi connectivity index (χ3n) is 1.62. The van der Waals surface area contributed by atoms with E-state index in [-0.39, 0.29) is 11.1 Å². The van der Waals surface area contributed by atoms with Crippen LogP contribution in [0.4, 0.5) is 8.78 Å². The minimum absolute atomic E-state index is 0.0255. The van der Waals surface area contributed by atoms with E-state index < -0.39 is 6.43 Å². The van der Waals surface area contributed by atoms with Crippen LogP contribution in [0.3, 0.4) is 0 Å². The Kier molecular flexibility index (Phi) is 3.08. The summed E-state index contributed by atoms with van der Waals surface area (Å²) in [6.07, 6.45) is -1.25. The van der Waals surface area contributed by atoms with Crippen LogP contribution in [0.5, 0.6) is 0 Å². The van der Waals surface area contributed by atoms with Gasteiger partial charge in [-0.3, -0.25) is 9.78 Å². The molecule has 0 spiro atoms. The van der Waals surface area contributed by atoms with Gasteiger partial charge in [0.2, 0.25) is 0 Å². The molecule has 0 amide bonds. The van der Waals surface area contributed by atoms with E-state index in [1.54, 1.807) is 6.92 Å². The number of aromatic nitrogens is 1. The van der Waals surface area contributed by atoms with Gasteiger partial charge in [0.1, 0.15) is 0 Å². The summed E-state index contributed by atoms with van der Waals surface area (Å²) >= 11 is 3.03. The van der Waals surface area contributed by atoms with E-state index in [4.69, 9.17) is 0 Å². The number of carbonyl (C=O) groups is 1. The lowest BCUT2D eigenvalue weighted by Crippen LogP contribution is -1.98. The van der Waals surface area contributed by atoms with Crippen molar-refractivity contribution in [3.8, 4) is 0 Å². The number of rotatable bonds is 2. The van der Waals surface area contributed by atoms with Gasteiger partial charge in [-0.25, -0.2) is 8.78 Å². The standard InChI is InChI=1S/C8H6BrF2NO/c1-4-7(9)6(3-13)5(2-12-4)8(10)11/h2-3,8H,1H3. The summed E-state index contributed by atoms with van der Waals surface area (Å²) < 4.78 is 24.9. The van der Waals surface area contributed by atoms with Crippen LogP contribution >= 0.6 is 15.9 Å². The van der Waals surface area contributed by atoms with E-state index in [9.17, 15) is 13.6 Å². The van der Waals surface area contributed by atoms with Gasteiger partial charge >= 0.3 is 0 Å². The molecule has 0 aliphatic rings. The first-order chi connectivity index (χ1) is 6.07. The zero-order valence-corrected chi connectivity index (χ0v) is 8.31. The Morgan fingerprint density at radius 1 is 1.62 bits per heavy atom. The first kappa shape index (κ1) is 10.2. The van der Waals surface area contributed by atoms with Gasteiger partial charge in [0.05, 0.1) is 5.69 Å². The van der Waals surface area contributed by atoms with Crippen molar-refractivity contribution in [2.75, 3.05) is 0 Å². The van der Waals surface area contributed by atoms with Gasteiger partial charge in [0, 0.05) is 21.8 Å². The van der Waals surface area contributed by atoms with Crippen molar-refractivity contribution in [3.63, 3.8) is 0 Å². The minimum atomic E-state index is -2.68. The second-order valence-electron chi connectivity index (χ2n) is 2.45. The molecule has 0 fully saturated rings. The van der Waals surface area contributed by atoms with E-state index in [0.717, 1.165) is 6.20 Å². The summed E-state index contributed by atoms with van der Waals surface area (Å²) in [6.45, 7) is 1.63. The van der Waals surface area contributed by atoms with E-state index in [0.29, 0.717) is 16.5 Å². The summed E-state index contributed by atoms with van der Waals surface area (Å²) in [6, 6.07) is 0. The molecule has 5 heteroatoms. The Morgan fingerprint density at radius 3 is 2.69 bits per heavy atom. The van der Waals surface area contributed by atoms with Gasteiger partial charge < -0.3 is 0 Å². The molecular formula is C8H6BrF2NO. The molecule has 13 heavy (non-hydrogen) atoms. The van der Waals surface area contributed by atoms with Crippen molar-refractivity contribution in [2.45, 2.75) is 13.3 Å². The van der Waals surface area contributed by atoms with Crippen LogP contribution < -0.4 is 0 Å². The summed E-state index contributed by atoms with van der Waals surface area (Å²) in [5, 5.41) is 0. The van der Waals surface area contributed by atoms with Crippen molar-refractivity contribution in [1.82, 2.24) is 4.98 Å². The van der Waals surface area contributed by atoms with Crippen LogP contribution in [-0.2, 0) is 0 Å². The molecule has 2 nitrogen and oxygen atoms in total. The largest absolute Gasteiger partial charge is 0.298 e. The van der Waals surface area contributed by atoms with Crippen molar-refractivity contribution < 1.29 is 13.6 Å². The number of aldehydes is 1. The highest BCUT2D eigenvalue weighted by atomic mass is 79.9. The predicted molar refractivity (Wildman–Crippen MR) is 47.0 cm³/mol. The fraction of sp³-hybridized carbons (Fsp3) is 0.250. The average Bonchev–Trinajstić information content (AvgIpc) is 2.09. The van der Waals surface area contributed by atoms with Gasteiger partial charge in [-0.15, -0.1) is 0 Å². The summed E-state index contributed by atoms with van der Waals surface area (Å²) in [5.74, 6) is 0. The molecule has 1 rings (SSSR count). The second kappa shape index (κ2) is 3.91. The average molecular weight is 250 g/mol. The fourth-order valence-corrected chi connectivity index (χ4v) is 1.33. The first-order valence-electron chi connectivity index (χ1n) is 3.46. The molecule has 0 aliphatic heterocycles. The molecule has 0 saturated heterocycles. The lowest BCUT2D eigenvalue weighted by Gasteiger charge is -2.06. The maximum Gasteiger partial charge on any atom is 0.266 e. The summed E-state index contributed by atoms with van der Waals surface area (Å²) in [7, 11) is 0. The van der Waals surface area contributed by atoms with E-state index >= 15 is 0 Å². The Morgan fingerprint density at radius 2 is 2.23 bits per heavy atom. The Bertz CT molecular complexity index is 341. The topological polar surface area (TPSA) is 30.0 Å². The zero-order chi connectivity index (χ0) is 10.0. The summed E-state index contributed by atoms with van der Waals surface area (Å²) in [4.78, 5) is 14.2. The molecule has 0 radical (unpaired) electrons. The fourth-order valence-electron chi connectivity index (χ4n) is 0.908. The smallest absolute Gasteiger partial charge is 0.266 e. The molecule has 0 saturated carbocycles. The number of hydrogen-bond acceptors (Lipinski definition) is 2. The van der Waals surface area contributed by atoms with Crippen LogP contribution in [-0.4, -0.2) is 11.3 Å². The molecular weight excluding hydrogens is 244 g/mol. The number of carbonyl (C=O) groups excluding carboxylic acids is 1. The van der Waals surface area contributed by atoms with Gasteiger partial charge in [-0.2, -0.15) is 0 Å². The quantitative estimate of drug-likeness (QED) is 0.755. The number of halogens is 3. The highest BCUT2D eigenvalue weighted by Gasteiger charge is 2.16. The van der Waals surface area contributed by atoms with Gasteiger partial charge in [0.15, 0.2) is 6.29 Å². The lowest BCUT2D eigenvalue weighted by molar-refractivity contribution is 0.110. The molecule has 1 aromatic heterocycles. The van der Waals surface area contributed by atoms with Gasteiger partial charge in [0.25, 0.3) is 6.43 Å². The maximum absolute atomic E-state index is 12.3. The van der Waals surface area contributed by atoms with Crippen molar-refractivity contribution in [1.29, 1.82) is 0 Å².